The summed E-state index contributed by atoms with van der Waals surface area (Å²) < 4.78 is 16.0. The number of ether oxygens (including phenoxy) is 3. The molecule has 172 valence electrons. The Bertz CT molecular complexity index is 1400. The average molecular weight is 496 g/mol. The Kier molecular flexibility index (Phi) is 7.01. The molecule has 3 aromatic carbocycles. The van der Waals surface area contributed by atoms with Crippen molar-refractivity contribution in [1.82, 2.24) is 4.98 Å². The van der Waals surface area contributed by atoms with Crippen molar-refractivity contribution in [3.8, 4) is 22.8 Å². The number of hydrogen-bond donors (Lipinski definition) is 0. The van der Waals surface area contributed by atoms with Crippen LogP contribution in [-0.4, -0.2) is 37.6 Å². The molecule has 0 unspecified atom stereocenters. The summed E-state index contributed by atoms with van der Waals surface area (Å²) in [6.07, 6.45) is 0. The first-order valence-corrected chi connectivity index (χ1v) is 10.9. The summed E-state index contributed by atoms with van der Waals surface area (Å²) in [4.78, 5) is 30.3. The number of pyridine rings is 1. The van der Waals surface area contributed by atoms with E-state index in [1.165, 1.54) is 12.1 Å². The quantitative estimate of drug-likeness (QED) is 0.222. The van der Waals surface area contributed by atoms with E-state index in [1.54, 1.807) is 56.7 Å². The van der Waals surface area contributed by atoms with Crippen molar-refractivity contribution in [2.75, 3.05) is 20.8 Å². The first-order valence-electron chi connectivity index (χ1n) is 10.2. The van der Waals surface area contributed by atoms with Gasteiger partial charge >= 0.3 is 5.97 Å². The summed E-state index contributed by atoms with van der Waals surface area (Å²) in [5, 5.41) is 1.19. The standard InChI is InChI=1S/C26H19Cl2NO5/c1-32-24-10-7-15(11-25(24)33-2)22-13-18(17-5-3-4-6-21(17)29-22)26(31)34-14-23(30)19-12-16(27)8-9-20(19)28/h3-13H,14H2,1-2H3. The third-order valence-electron chi connectivity index (χ3n) is 5.18. The molecule has 0 saturated heterocycles. The van der Waals surface area contributed by atoms with E-state index in [1.807, 2.05) is 12.1 Å². The highest BCUT2D eigenvalue weighted by Gasteiger charge is 2.19. The summed E-state index contributed by atoms with van der Waals surface area (Å²) in [5.74, 6) is -0.0147. The monoisotopic (exact) mass is 495 g/mol. The highest BCUT2D eigenvalue weighted by molar-refractivity contribution is 6.36. The number of para-hydroxylation sites is 1. The Morgan fingerprint density at radius 3 is 2.38 bits per heavy atom. The van der Waals surface area contributed by atoms with Crippen LogP contribution in [0.3, 0.4) is 0 Å². The number of methoxy groups -OCH3 is 2. The molecule has 0 N–H and O–H groups in total. The van der Waals surface area contributed by atoms with Gasteiger partial charge in [0.1, 0.15) is 0 Å². The Labute approximate surface area is 206 Å². The van der Waals surface area contributed by atoms with Gasteiger partial charge in [-0.25, -0.2) is 9.78 Å². The molecule has 1 heterocycles. The van der Waals surface area contributed by atoms with Crippen LogP contribution < -0.4 is 9.47 Å². The lowest BCUT2D eigenvalue weighted by Gasteiger charge is -2.12. The number of nitrogens with zero attached hydrogens (tertiary/aromatic N) is 1. The van der Waals surface area contributed by atoms with E-state index in [-0.39, 0.29) is 16.1 Å². The lowest BCUT2D eigenvalue weighted by Crippen LogP contribution is -2.15. The van der Waals surface area contributed by atoms with Crippen LogP contribution in [0.25, 0.3) is 22.2 Å². The lowest BCUT2D eigenvalue weighted by atomic mass is 10.0. The number of ketones is 1. The van der Waals surface area contributed by atoms with Crippen LogP contribution >= 0.6 is 23.2 Å². The van der Waals surface area contributed by atoms with Gasteiger partial charge < -0.3 is 14.2 Å². The van der Waals surface area contributed by atoms with Crippen LogP contribution in [0.2, 0.25) is 10.0 Å². The molecule has 6 nitrogen and oxygen atoms in total. The maximum atomic E-state index is 13.0. The number of halogens is 2. The predicted octanol–water partition coefficient (Wildman–Crippen LogP) is 6.27. The molecule has 0 spiro atoms. The fraction of sp³-hybridized carbons (Fsp3) is 0.115. The van der Waals surface area contributed by atoms with Gasteiger partial charge in [-0.1, -0.05) is 41.4 Å². The van der Waals surface area contributed by atoms with E-state index in [0.717, 1.165) is 5.56 Å². The molecule has 0 aliphatic rings. The van der Waals surface area contributed by atoms with Crippen molar-refractivity contribution in [3.63, 3.8) is 0 Å². The summed E-state index contributed by atoms with van der Waals surface area (Å²) >= 11 is 12.0. The molecule has 8 heteroatoms. The van der Waals surface area contributed by atoms with Gasteiger partial charge in [0.2, 0.25) is 5.78 Å². The van der Waals surface area contributed by atoms with Crippen LogP contribution in [0.4, 0.5) is 0 Å². The SMILES string of the molecule is COc1ccc(-c2cc(C(=O)OCC(=O)c3cc(Cl)ccc3Cl)c3ccccc3n2)cc1OC. The molecule has 0 radical (unpaired) electrons. The largest absolute Gasteiger partial charge is 0.493 e. The molecule has 0 aliphatic heterocycles. The van der Waals surface area contributed by atoms with Gasteiger partial charge in [-0.05, 0) is 48.5 Å². The van der Waals surface area contributed by atoms with Crippen molar-refractivity contribution in [2.45, 2.75) is 0 Å². The molecule has 34 heavy (non-hydrogen) atoms. The first-order chi connectivity index (χ1) is 16.4. The van der Waals surface area contributed by atoms with E-state index < -0.39 is 18.4 Å². The number of hydrogen-bond acceptors (Lipinski definition) is 6. The molecule has 0 fully saturated rings. The minimum atomic E-state index is -0.660. The fourth-order valence-corrected chi connectivity index (χ4v) is 3.88. The Morgan fingerprint density at radius 2 is 1.62 bits per heavy atom. The molecule has 4 rings (SSSR count). The Hall–Kier alpha value is -3.61. The minimum Gasteiger partial charge on any atom is -0.493 e. The number of Topliss-reactive ketones (excluding diaryl/α,β-unsaturated/α-hetero) is 1. The van der Waals surface area contributed by atoms with Crippen molar-refractivity contribution in [3.05, 3.63) is 87.9 Å². The molecule has 0 bridgehead atoms. The van der Waals surface area contributed by atoms with Gasteiger partial charge in [0, 0.05) is 21.5 Å². The van der Waals surface area contributed by atoms with Gasteiger partial charge in [0.05, 0.1) is 36.0 Å². The number of carbonyl (C=O) groups excluding carboxylic acids is 2. The van der Waals surface area contributed by atoms with Crippen LogP contribution in [0.5, 0.6) is 11.5 Å². The summed E-state index contributed by atoms with van der Waals surface area (Å²) in [6.45, 7) is -0.485. The molecule has 0 saturated carbocycles. The molecule has 0 amide bonds. The predicted molar refractivity (Wildman–Crippen MR) is 131 cm³/mol. The highest BCUT2D eigenvalue weighted by atomic mass is 35.5. The van der Waals surface area contributed by atoms with Crippen molar-refractivity contribution in [1.29, 1.82) is 0 Å². The second-order valence-electron chi connectivity index (χ2n) is 7.27. The van der Waals surface area contributed by atoms with E-state index in [4.69, 9.17) is 37.4 Å². The fourth-order valence-electron chi connectivity index (χ4n) is 3.49. The van der Waals surface area contributed by atoms with Crippen molar-refractivity contribution < 1.29 is 23.8 Å². The van der Waals surface area contributed by atoms with Crippen LogP contribution in [0.15, 0.2) is 66.7 Å². The second kappa shape index (κ2) is 10.1. The maximum Gasteiger partial charge on any atom is 0.339 e. The zero-order valence-corrected chi connectivity index (χ0v) is 19.8. The Balaban J connectivity index is 1.67. The second-order valence-corrected chi connectivity index (χ2v) is 8.11. The zero-order valence-electron chi connectivity index (χ0n) is 18.3. The van der Waals surface area contributed by atoms with Gasteiger partial charge in [-0.15, -0.1) is 0 Å². The molecule has 1 aromatic heterocycles. The van der Waals surface area contributed by atoms with E-state index >= 15 is 0 Å². The summed E-state index contributed by atoms with van der Waals surface area (Å²) in [6, 6.07) is 18.7. The third-order valence-corrected chi connectivity index (χ3v) is 5.74. The summed E-state index contributed by atoms with van der Waals surface area (Å²) in [5.41, 5.74) is 2.33. The molecule has 4 aromatic rings. The average Bonchev–Trinajstić information content (AvgIpc) is 2.87. The van der Waals surface area contributed by atoms with Gasteiger partial charge in [0.15, 0.2) is 18.1 Å². The van der Waals surface area contributed by atoms with Gasteiger partial charge in [-0.3, -0.25) is 4.79 Å². The number of benzene rings is 3. The molecule has 0 aliphatic carbocycles. The summed E-state index contributed by atoms with van der Waals surface area (Å²) in [7, 11) is 3.10. The lowest BCUT2D eigenvalue weighted by molar-refractivity contribution is 0.0476. The number of aromatic nitrogens is 1. The molecular formula is C26H19Cl2NO5. The van der Waals surface area contributed by atoms with Gasteiger partial charge in [0.25, 0.3) is 0 Å². The van der Waals surface area contributed by atoms with Crippen LogP contribution in [0.1, 0.15) is 20.7 Å². The number of fused-ring (bicyclic) bond motifs is 1. The first kappa shape index (κ1) is 23.5. The molecule has 0 atom stereocenters. The molecular weight excluding hydrogens is 477 g/mol. The van der Waals surface area contributed by atoms with Crippen molar-refractivity contribution >= 4 is 45.9 Å². The Morgan fingerprint density at radius 1 is 0.853 bits per heavy atom. The third kappa shape index (κ3) is 4.83. The van der Waals surface area contributed by atoms with E-state index in [2.05, 4.69) is 4.98 Å². The number of carbonyl (C=O) groups is 2. The highest BCUT2D eigenvalue weighted by Crippen LogP contribution is 2.33. The van der Waals surface area contributed by atoms with Crippen LogP contribution in [-0.2, 0) is 4.74 Å². The smallest absolute Gasteiger partial charge is 0.339 e. The minimum absolute atomic E-state index is 0.188. The van der Waals surface area contributed by atoms with Crippen LogP contribution in [0, 0.1) is 0 Å². The van der Waals surface area contributed by atoms with E-state index in [9.17, 15) is 9.59 Å². The number of esters is 1. The van der Waals surface area contributed by atoms with Gasteiger partial charge in [-0.2, -0.15) is 0 Å². The number of rotatable bonds is 7. The normalized spacial score (nSPS) is 10.7. The maximum absolute atomic E-state index is 13.0. The van der Waals surface area contributed by atoms with E-state index in [0.29, 0.717) is 33.1 Å². The topological polar surface area (TPSA) is 74.7 Å². The van der Waals surface area contributed by atoms with Crippen molar-refractivity contribution in [2.24, 2.45) is 0 Å². The zero-order chi connectivity index (χ0) is 24.2.